The Morgan fingerprint density at radius 1 is 1.47 bits per heavy atom. The van der Waals surface area contributed by atoms with Crippen LogP contribution < -0.4 is 11.1 Å². The van der Waals surface area contributed by atoms with Crippen LogP contribution in [-0.2, 0) is 11.2 Å². The fourth-order valence-electron chi connectivity index (χ4n) is 1.50. The van der Waals surface area contributed by atoms with Gasteiger partial charge in [0.15, 0.2) is 5.96 Å². The molecule has 1 aromatic heterocycles. The third-order valence-corrected chi connectivity index (χ3v) is 2.45. The highest BCUT2D eigenvalue weighted by Crippen LogP contribution is 1.93. The van der Waals surface area contributed by atoms with Gasteiger partial charge in [0, 0.05) is 38.0 Å². The average molecular weight is 264 g/mol. The van der Waals surface area contributed by atoms with Gasteiger partial charge in [-0.1, -0.05) is 6.07 Å². The summed E-state index contributed by atoms with van der Waals surface area (Å²) in [6.07, 6.45) is 3.80. The lowest BCUT2D eigenvalue weighted by Crippen LogP contribution is -2.33. The number of nitrogens with zero attached hydrogens (tertiary/aromatic N) is 2. The summed E-state index contributed by atoms with van der Waals surface area (Å²) < 4.78 is 5.42. The van der Waals surface area contributed by atoms with Crippen molar-refractivity contribution in [3.05, 3.63) is 30.1 Å². The molecule has 1 aromatic rings. The third kappa shape index (κ3) is 8.15. The van der Waals surface area contributed by atoms with E-state index in [0.29, 0.717) is 12.5 Å². The SMILES string of the molecule is CC(C)OCCCN=C(N)NCCc1ccccn1. The molecule has 0 aliphatic carbocycles. The van der Waals surface area contributed by atoms with E-state index in [2.05, 4.69) is 15.3 Å². The van der Waals surface area contributed by atoms with Crippen LogP contribution in [0.4, 0.5) is 0 Å². The maximum absolute atomic E-state index is 5.76. The minimum atomic E-state index is 0.276. The third-order valence-electron chi connectivity index (χ3n) is 2.45. The van der Waals surface area contributed by atoms with Gasteiger partial charge in [0.2, 0.25) is 0 Å². The van der Waals surface area contributed by atoms with Gasteiger partial charge in [-0.25, -0.2) is 0 Å². The highest BCUT2D eigenvalue weighted by Gasteiger charge is 1.95. The number of nitrogens with one attached hydrogen (secondary N) is 1. The molecular weight excluding hydrogens is 240 g/mol. The number of guanidine groups is 1. The Hall–Kier alpha value is -1.62. The summed E-state index contributed by atoms with van der Waals surface area (Å²) >= 11 is 0. The van der Waals surface area contributed by atoms with Gasteiger partial charge in [-0.3, -0.25) is 9.98 Å². The second-order valence-corrected chi connectivity index (χ2v) is 4.54. The molecule has 0 fully saturated rings. The average Bonchev–Trinajstić information content (AvgIpc) is 2.39. The first kappa shape index (κ1) is 15.4. The van der Waals surface area contributed by atoms with Crippen LogP contribution >= 0.6 is 0 Å². The summed E-state index contributed by atoms with van der Waals surface area (Å²) in [5, 5.41) is 3.08. The Morgan fingerprint density at radius 3 is 3.00 bits per heavy atom. The van der Waals surface area contributed by atoms with E-state index in [1.807, 2.05) is 32.0 Å². The van der Waals surface area contributed by atoms with E-state index in [1.165, 1.54) is 0 Å². The number of rotatable bonds is 8. The van der Waals surface area contributed by atoms with Crippen molar-refractivity contribution in [1.82, 2.24) is 10.3 Å². The smallest absolute Gasteiger partial charge is 0.188 e. The van der Waals surface area contributed by atoms with E-state index < -0.39 is 0 Å². The van der Waals surface area contributed by atoms with Crippen molar-refractivity contribution >= 4 is 5.96 Å². The van der Waals surface area contributed by atoms with Crippen LogP contribution in [0.25, 0.3) is 0 Å². The van der Waals surface area contributed by atoms with Gasteiger partial charge in [0.05, 0.1) is 6.10 Å². The molecule has 1 rings (SSSR count). The molecule has 0 aliphatic heterocycles. The molecule has 3 N–H and O–H groups in total. The molecule has 0 amide bonds. The van der Waals surface area contributed by atoms with E-state index >= 15 is 0 Å². The molecule has 0 saturated heterocycles. The molecule has 0 bridgehead atoms. The van der Waals surface area contributed by atoms with Crippen molar-refractivity contribution in [2.24, 2.45) is 10.7 Å². The van der Waals surface area contributed by atoms with Crippen molar-refractivity contribution in [2.75, 3.05) is 19.7 Å². The Labute approximate surface area is 115 Å². The van der Waals surface area contributed by atoms with Gasteiger partial charge < -0.3 is 15.8 Å². The van der Waals surface area contributed by atoms with Gasteiger partial charge in [-0.05, 0) is 32.4 Å². The topological polar surface area (TPSA) is 72.5 Å². The number of aliphatic imine (C=N–C) groups is 1. The fraction of sp³-hybridized carbons (Fsp3) is 0.571. The van der Waals surface area contributed by atoms with Crippen molar-refractivity contribution in [3.8, 4) is 0 Å². The summed E-state index contributed by atoms with van der Waals surface area (Å²) in [6, 6.07) is 5.89. The van der Waals surface area contributed by atoms with Gasteiger partial charge in [-0.2, -0.15) is 0 Å². The molecule has 0 atom stereocenters. The molecule has 1 heterocycles. The Bertz CT molecular complexity index is 365. The molecule has 0 spiro atoms. The fourth-order valence-corrected chi connectivity index (χ4v) is 1.50. The van der Waals surface area contributed by atoms with Crippen molar-refractivity contribution in [1.29, 1.82) is 0 Å². The molecule has 5 nitrogen and oxygen atoms in total. The van der Waals surface area contributed by atoms with Crippen LogP contribution in [0.3, 0.4) is 0 Å². The Balaban J connectivity index is 2.08. The van der Waals surface area contributed by atoms with Crippen LogP contribution in [-0.4, -0.2) is 36.7 Å². The van der Waals surface area contributed by atoms with Gasteiger partial charge >= 0.3 is 0 Å². The van der Waals surface area contributed by atoms with Crippen molar-refractivity contribution in [2.45, 2.75) is 32.8 Å². The number of ether oxygens (including phenoxy) is 1. The molecule has 0 unspecified atom stereocenters. The Morgan fingerprint density at radius 2 is 2.32 bits per heavy atom. The summed E-state index contributed by atoms with van der Waals surface area (Å²) in [5.74, 6) is 0.487. The largest absolute Gasteiger partial charge is 0.379 e. The minimum absolute atomic E-state index is 0.276. The zero-order valence-electron chi connectivity index (χ0n) is 11.8. The summed E-state index contributed by atoms with van der Waals surface area (Å²) in [6.45, 7) is 6.21. The number of nitrogens with two attached hydrogens (primary N) is 1. The van der Waals surface area contributed by atoms with Gasteiger partial charge in [0.25, 0.3) is 0 Å². The number of hydrogen-bond acceptors (Lipinski definition) is 3. The lowest BCUT2D eigenvalue weighted by Gasteiger charge is -2.07. The zero-order chi connectivity index (χ0) is 13.9. The van der Waals surface area contributed by atoms with Crippen molar-refractivity contribution < 1.29 is 4.74 Å². The standard InChI is InChI=1S/C14H24N4O/c1-12(2)19-11-5-9-17-14(15)18-10-7-13-6-3-4-8-16-13/h3-4,6,8,12H,5,7,9-11H2,1-2H3,(H3,15,17,18). The minimum Gasteiger partial charge on any atom is -0.379 e. The van der Waals surface area contributed by atoms with Crippen LogP contribution in [0, 0.1) is 0 Å². The maximum atomic E-state index is 5.76. The molecule has 5 heteroatoms. The molecule has 0 radical (unpaired) electrons. The van der Waals surface area contributed by atoms with Gasteiger partial charge in [0.1, 0.15) is 0 Å². The van der Waals surface area contributed by atoms with E-state index in [0.717, 1.165) is 31.7 Å². The first-order chi connectivity index (χ1) is 9.18. The van der Waals surface area contributed by atoms with E-state index in [9.17, 15) is 0 Å². The monoisotopic (exact) mass is 264 g/mol. The summed E-state index contributed by atoms with van der Waals surface area (Å²) in [4.78, 5) is 8.48. The summed E-state index contributed by atoms with van der Waals surface area (Å²) in [7, 11) is 0. The van der Waals surface area contributed by atoms with E-state index in [-0.39, 0.29) is 6.10 Å². The zero-order valence-corrected chi connectivity index (χ0v) is 11.8. The highest BCUT2D eigenvalue weighted by atomic mass is 16.5. The van der Waals surface area contributed by atoms with Crippen LogP contribution in [0.2, 0.25) is 0 Å². The quantitative estimate of drug-likeness (QED) is 0.422. The number of aromatic nitrogens is 1. The second kappa shape index (κ2) is 9.33. The molecule has 106 valence electrons. The predicted octanol–water partition coefficient (Wildman–Crippen LogP) is 1.34. The first-order valence-electron chi connectivity index (χ1n) is 6.74. The number of pyridine rings is 1. The number of hydrogen-bond donors (Lipinski definition) is 2. The molecular formula is C14H24N4O. The molecule has 0 aliphatic rings. The maximum Gasteiger partial charge on any atom is 0.188 e. The van der Waals surface area contributed by atoms with E-state index in [4.69, 9.17) is 10.5 Å². The molecule has 19 heavy (non-hydrogen) atoms. The normalized spacial score (nSPS) is 11.8. The summed E-state index contributed by atoms with van der Waals surface area (Å²) in [5.41, 5.74) is 6.81. The lowest BCUT2D eigenvalue weighted by molar-refractivity contribution is 0.0783. The predicted molar refractivity (Wildman–Crippen MR) is 78.1 cm³/mol. The second-order valence-electron chi connectivity index (χ2n) is 4.54. The van der Waals surface area contributed by atoms with Crippen LogP contribution in [0.1, 0.15) is 26.0 Å². The Kier molecular flexibility index (Phi) is 7.58. The molecule has 0 saturated carbocycles. The highest BCUT2D eigenvalue weighted by molar-refractivity contribution is 5.77. The lowest BCUT2D eigenvalue weighted by atomic mass is 10.3. The van der Waals surface area contributed by atoms with Crippen LogP contribution in [0.5, 0.6) is 0 Å². The molecule has 0 aromatic carbocycles. The van der Waals surface area contributed by atoms with Crippen molar-refractivity contribution in [3.63, 3.8) is 0 Å². The van der Waals surface area contributed by atoms with Crippen LogP contribution in [0.15, 0.2) is 29.4 Å². The van der Waals surface area contributed by atoms with Gasteiger partial charge in [-0.15, -0.1) is 0 Å². The van der Waals surface area contributed by atoms with E-state index in [1.54, 1.807) is 6.20 Å². The first-order valence-corrected chi connectivity index (χ1v) is 6.74.